The third kappa shape index (κ3) is 2.24. The second-order valence-electron chi connectivity index (χ2n) is 3.77. The molecule has 0 bridgehead atoms. The van der Waals surface area contributed by atoms with Crippen LogP contribution in [-0.4, -0.2) is 27.3 Å². The largest absolute Gasteiger partial charge is 0.493 e. The Kier molecular flexibility index (Phi) is 3.99. The zero-order valence-electron chi connectivity index (χ0n) is 11.0. The van der Waals surface area contributed by atoms with Crippen molar-refractivity contribution < 1.29 is 23.4 Å². The van der Waals surface area contributed by atoms with Gasteiger partial charge in [-0.25, -0.2) is 9.59 Å². The minimum Gasteiger partial charge on any atom is -0.493 e. The molecule has 6 nitrogen and oxygen atoms in total. The Bertz CT molecular complexity index is 734. The number of benzene rings is 1. The van der Waals surface area contributed by atoms with Crippen molar-refractivity contribution in [2.24, 2.45) is 0 Å². The molecule has 1 heterocycles. The van der Waals surface area contributed by atoms with Crippen molar-refractivity contribution in [3.63, 3.8) is 0 Å². The molecule has 0 fully saturated rings. The van der Waals surface area contributed by atoms with Gasteiger partial charge < -0.3 is 18.6 Å². The molecule has 0 amide bonds. The van der Waals surface area contributed by atoms with Crippen LogP contribution in [0.25, 0.3) is 10.8 Å². The molecule has 20 heavy (non-hydrogen) atoms. The number of methoxy groups -OCH3 is 3. The zero-order valence-corrected chi connectivity index (χ0v) is 12.6. The second-order valence-corrected chi connectivity index (χ2v) is 4.63. The van der Waals surface area contributed by atoms with Gasteiger partial charge in [0.2, 0.25) is 5.76 Å². The highest BCUT2D eigenvalue weighted by atomic mass is 79.9. The van der Waals surface area contributed by atoms with Crippen molar-refractivity contribution in [1.82, 2.24) is 0 Å². The first kappa shape index (κ1) is 14.4. The molecule has 7 heteroatoms. The predicted octanol–water partition coefficient (Wildman–Crippen LogP) is 2.36. The molecule has 0 saturated heterocycles. The molecule has 106 valence electrons. The van der Waals surface area contributed by atoms with E-state index in [4.69, 9.17) is 13.9 Å². The maximum absolute atomic E-state index is 12.1. The number of hydrogen-bond donors (Lipinski definition) is 0. The highest BCUT2D eigenvalue weighted by Gasteiger charge is 2.20. The van der Waals surface area contributed by atoms with Gasteiger partial charge in [-0.1, -0.05) is 15.9 Å². The van der Waals surface area contributed by atoms with Gasteiger partial charge in [-0.15, -0.1) is 0 Å². The Balaban J connectivity index is 2.90. The number of fused-ring (bicyclic) bond motifs is 1. The maximum Gasteiger partial charge on any atom is 0.374 e. The van der Waals surface area contributed by atoms with Gasteiger partial charge >= 0.3 is 11.6 Å². The molecule has 0 aliphatic rings. The predicted molar refractivity (Wildman–Crippen MR) is 74.6 cm³/mol. The van der Waals surface area contributed by atoms with Crippen LogP contribution in [0.3, 0.4) is 0 Å². The number of carbonyl (C=O) groups is 1. The quantitative estimate of drug-likeness (QED) is 0.797. The molecule has 0 N–H and O–H groups in total. The lowest BCUT2D eigenvalue weighted by molar-refractivity contribution is 0.0560. The van der Waals surface area contributed by atoms with Gasteiger partial charge in [0.25, 0.3) is 0 Å². The Morgan fingerprint density at radius 2 is 1.90 bits per heavy atom. The van der Waals surface area contributed by atoms with E-state index >= 15 is 0 Å². The fourth-order valence-corrected chi connectivity index (χ4v) is 2.35. The molecule has 0 unspecified atom stereocenters. The van der Waals surface area contributed by atoms with Crippen LogP contribution in [0.4, 0.5) is 0 Å². The lowest BCUT2D eigenvalue weighted by atomic mass is 10.1. The SMILES string of the molecule is COC(=O)c1cc2c(Br)cc(OC)c(OC)c2c(=O)o1. The topological polar surface area (TPSA) is 75.0 Å². The Morgan fingerprint density at radius 1 is 1.20 bits per heavy atom. The van der Waals surface area contributed by atoms with Crippen LogP contribution in [0.15, 0.2) is 25.8 Å². The number of esters is 1. The highest BCUT2D eigenvalue weighted by molar-refractivity contribution is 9.10. The van der Waals surface area contributed by atoms with E-state index in [-0.39, 0.29) is 16.9 Å². The lowest BCUT2D eigenvalue weighted by Crippen LogP contribution is -2.10. The van der Waals surface area contributed by atoms with E-state index in [9.17, 15) is 9.59 Å². The monoisotopic (exact) mass is 342 g/mol. The second kappa shape index (κ2) is 5.54. The van der Waals surface area contributed by atoms with Crippen molar-refractivity contribution in [2.45, 2.75) is 0 Å². The van der Waals surface area contributed by atoms with Crippen molar-refractivity contribution >= 4 is 32.7 Å². The van der Waals surface area contributed by atoms with Crippen LogP contribution in [0.1, 0.15) is 10.6 Å². The standard InChI is InChI=1S/C13H11BrO6/c1-17-8-5-7(14)6-4-9(12(15)19-3)20-13(16)10(6)11(8)18-2/h4-5H,1-3H3. The van der Waals surface area contributed by atoms with E-state index in [1.54, 1.807) is 6.07 Å². The first-order valence-electron chi connectivity index (χ1n) is 5.50. The van der Waals surface area contributed by atoms with Gasteiger partial charge in [0.1, 0.15) is 5.39 Å². The Hall–Kier alpha value is -2.02. The number of ether oxygens (including phenoxy) is 3. The maximum atomic E-state index is 12.1. The summed E-state index contributed by atoms with van der Waals surface area (Å²) in [6.45, 7) is 0. The van der Waals surface area contributed by atoms with E-state index < -0.39 is 11.6 Å². The minimum atomic E-state index is -0.731. The van der Waals surface area contributed by atoms with E-state index in [0.29, 0.717) is 15.6 Å². The van der Waals surface area contributed by atoms with Gasteiger partial charge in [-0.05, 0) is 12.1 Å². The average molecular weight is 343 g/mol. The number of carbonyl (C=O) groups excluding carboxylic acids is 1. The molecule has 0 spiro atoms. The first-order valence-corrected chi connectivity index (χ1v) is 6.29. The normalized spacial score (nSPS) is 10.4. The Labute approximate surface area is 122 Å². The molecule has 1 aromatic carbocycles. The number of halogens is 1. The number of hydrogen-bond acceptors (Lipinski definition) is 6. The van der Waals surface area contributed by atoms with Crippen molar-refractivity contribution in [3.8, 4) is 11.5 Å². The van der Waals surface area contributed by atoms with Crippen LogP contribution >= 0.6 is 15.9 Å². The molecule has 1 aromatic heterocycles. The summed E-state index contributed by atoms with van der Waals surface area (Å²) in [6, 6.07) is 3.05. The van der Waals surface area contributed by atoms with Crippen LogP contribution < -0.4 is 15.1 Å². The summed E-state index contributed by atoms with van der Waals surface area (Å²) >= 11 is 3.32. The summed E-state index contributed by atoms with van der Waals surface area (Å²) in [5, 5.41) is 0.658. The van der Waals surface area contributed by atoms with E-state index in [1.165, 1.54) is 27.4 Å². The Morgan fingerprint density at radius 3 is 2.45 bits per heavy atom. The molecule has 0 atom stereocenters. The average Bonchev–Trinajstić information content (AvgIpc) is 2.46. The van der Waals surface area contributed by atoms with Gasteiger partial charge in [0, 0.05) is 9.86 Å². The third-order valence-corrected chi connectivity index (χ3v) is 3.38. The summed E-state index contributed by atoms with van der Waals surface area (Å²) in [5.74, 6) is -0.288. The lowest BCUT2D eigenvalue weighted by Gasteiger charge is -2.11. The summed E-state index contributed by atoms with van der Waals surface area (Å²) < 4.78 is 20.4. The fourth-order valence-electron chi connectivity index (χ4n) is 1.83. The summed E-state index contributed by atoms with van der Waals surface area (Å²) in [7, 11) is 4.08. The molecule has 2 rings (SSSR count). The molecule has 0 saturated carbocycles. The van der Waals surface area contributed by atoms with Gasteiger partial charge in [-0.3, -0.25) is 0 Å². The van der Waals surface area contributed by atoms with Gasteiger partial charge in [0.15, 0.2) is 11.5 Å². The molecule has 0 aliphatic heterocycles. The zero-order chi connectivity index (χ0) is 14.9. The van der Waals surface area contributed by atoms with Crippen LogP contribution in [-0.2, 0) is 4.74 Å². The third-order valence-electron chi connectivity index (χ3n) is 2.73. The molecule has 0 radical (unpaired) electrons. The smallest absolute Gasteiger partial charge is 0.374 e. The van der Waals surface area contributed by atoms with Crippen LogP contribution in [0.5, 0.6) is 11.5 Å². The minimum absolute atomic E-state index is 0.182. The fraction of sp³-hybridized carbons (Fsp3) is 0.231. The van der Waals surface area contributed by atoms with E-state index in [0.717, 1.165) is 0 Å². The van der Waals surface area contributed by atoms with Crippen LogP contribution in [0, 0.1) is 0 Å². The van der Waals surface area contributed by atoms with E-state index in [1.807, 2.05) is 0 Å². The van der Waals surface area contributed by atoms with E-state index in [2.05, 4.69) is 20.7 Å². The van der Waals surface area contributed by atoms with Crippen molar-refractivity contribution in [1.29, 1.82) is 0 Å². The summed E-state index contributed by atoms with van der Waals surface area (Å²) in [4.78, 5) is 23.6. The van der Waals surface area contributed by atoms with Crippen molar-refractivity contribution in [3.05, 3.63) is 32.8 Å². The molecular formula is C13H11BrO6. The highest BCUT2D eigenvalue weighted by Crippen LogP contribution is 2.38. The molecular weight excluding hydrogens is 332 g/mol. The van der Waals surface area contributed by atoms with Gasteiger partial charge in [0.05, 0.1) is 21.3 Å². The van der Waals surface area contributed by atoms with Crippen LogP contribution in [0.2, 0.25) is 0 Å². The molecule has 2 aromatic rings. The summed E-state index contributed by atoms with van der Waals surface area (Å²) in [5.41, 5.74) is -0.709. The van der Waals surface area contributed by atoms with Gasteiger partial charge in [-0.2, -0.15) is 0 Å². The molecule has 0 aliphatic carbocycles. The summed E-state index contributed by atoms with van der Waals surface area (Å²) in [6.07, 6.45) is 0. The number of rotatable bonds is 3. The van der Waals surface area contributed by atoms with Crippen molar-refractivity contribution in [2.75, 3.05) is 21.3 Å². The first-order chi connectivity index (χ1) is 9.53.